The summed E-state index contributed by atoms with van der Waals surface area (Å²) in [5, 5.41) is 9.28. The number of halogens is 1. The number of hydrogen-bond acceptors (Lipinski definition) is 2. The summed E-state index contributed by atoms with van der Waals surface area (Å²) >= 11 is 0. The molecule has 1 aromatic rings. The van der Waals surface area contributed by atoms with E-state index in [0.29, 0.717) is 0 Å². The average molecular weight is 216 g/mol. The number of aliphatic hydroxyl groups excluding tert-OH is 1. The van der Waals surface area contributed by atoms with Crippen molar-refractivity contribution in [1.29, 1.82) is 0 Å². The third kappa shape index (κ3) is 3.29. The molecule has 3 heteroatoms. The lowest BCUT2D eigenvalue weighted by atomic mass is 10.0. The summed E-state index contributed by atoms with van der Waals surface area (Å²) in [6, 6.07) is 7.80. The molecular formula is C11H18ClNO. The molecule has 0 aliphatic carbocycles. The van der Waals surface area contributed by atoms with Crippen molar-refractivity contribution in [3.05, 3.63) is 35.4 Å². The van der Waals surface area contributed by atoms with Gasteiger partial charge in [0.15, 0.2) is 0 Å². The van der Waals surface area contributed by atoms with Crippen molar-refractivity contribution in [2.75, 3.05) is 0 Å². The van der Waals surface area contributed by atoms with Crippen LogP contribution in [0.2, 0.25) is 0 Å². The van der Waals surface area contributed by atoms with E-state index in [-0.39, 0.29) is 18.4 Å². The minimum atomic E-state index is -0.493. The van der Waals surface area contributed by atoms with Crippen LogP contribution in [0.5, 0.6) is 0 Å². The molecule has 0 aliphatic heterocycles. The summed E-state index contributed by atoms with van der Waals surface area (Å²) in [7, 11) is 0. The van der Waals surface area contributed by atoms with Gasteiger partial charge in [-0.1, -0.05) is 31.2 Å². The fourth-order valence-electron chi connectivity index (χ4n) is 1.25. The van der Waals surface area contributed by atoms with E-state index in [1.165, 1.54) is 5.56 Å². The smallest absolute Gasteiger partial charge is 0.0704 e. The monoisotopic (exact) mass is 215 g/mol. The fourth-order valence-corrected chi connectivity index (χ4v) is 1.25. The number of benzene rings is 1. The standard InChI is InChI=1S/C11H17NO.ClH/c1-3-9-4-6-10(7-5-9)11(12)8(2)13;/h4-8,11,13H,3,12H2,1-2H3;1H/t8-,11-;/m0./s1. The topological polar surface area (TPSA) is 46.2 Å². The maximum atomic E-state index is 9.28. The number of aryl methyl sites for hydroxylation is 1. The van der Waals surface area contributed by atoms with Crippen molar-refractivity contribution in [3.63, 3.8) is 0 Å². The number of hydrogen-bond donors (Lipinski definition) is 2. The summed E-state index contributed by atoms with van der Waals surface area (Å²) in [6.07, 6.45) is 0.539. The van der Waals surface area contributed by atoms with Gasteiger partial charge < -0.3 is 10.8 Å². The molecule has 1 rings (SSSR count). The van der Waals surface area contributed by atoms with Crippen LogP contribution in [0.3, 0.4) is 0 Å². The van der Waals surface area contributed by atoms with E-state index in [4.69, 9.17) is 5.73 Å². The van der Waals surface area contributed by atoms with E-state index >= 15 is 0 Å². The first-order valence-corrected chi connectivity index (χ1v) is 4.67. The number of rotatable bonds is 3. The van der Waals surface area contributed by atoms with Gasteiger partial charge in [-0.05, 0) is 24.5 Å². The van der Waals surface area contributed by atoms with Crippen molar-refractivity contribution in [2.24, 2.45) is 5.73 Å². The second kappa shape index (κ2) is 6.02. The molecular weight excluding hydrogens is 198 g/mol. The Morgan fingerprint density at radius 1 is 1.29 bits per heavy atom. The zero-order valence-corrected chi connectivity index (χ0v) is 9.42. The van der Waals surface area contributed by atoms with Crippen molar-refractivity contribution in [3.8, 4) is 0 Å². The summed E-state index contributed by atoms with van der Waals surface area (Å²) < 4.78 is 0. The third-order valence-corrected chi connectivity index (χ3v) is 2.29. The van der Waals surface area contributed by atoms with Crippen LogP contribution >= 0.6 is 12.4 Å². The normalized spacial score (nSPS) is 14.3. The molecule has 0 bridgehead atoms. The Kier molecular flexibility index (Phi) is 5.77. The molecule has 0 aliphatic rings. The first-order valence-electron chi connectivity index (χ1n) is 4.67. The van der Waals surface area contributed by atoms with Crippen LogP contribution in [0.1, 0.15) is 31.0 Å². The minimum Gasteiger partial charge on any atom is -0.391 e. The lowest BCUT2D eigenvalue weighted by molar-refractivity contribution is 0.164. The van der Waals surface area contributed by atoms with Crippen molar-refractivity contribution < 1.29 is 5.11 Å². The van der Waals surface area contributed by atoms with E-state index in [1.807, 2.05) is 12.1 Å². The molecule has 3 N–H and O–H groups in total. The maximum absolute atomic E-state index is 9.28. The predicted octanol–water partition coefficient (Wildman–Crippen LogP) is 2.05. The Morgan fingerprint density at radius 2 is 1.79 bits per heavy atom. The molecule has 0 saturated heterocycles. The molecule has 1 aromatic carbocycles. The van der Waals surface area contributed by atoms with Gasteiger partial charge >= 0.3 is 0 Å². The second-order valence-corrected chi connectivity index (χ2v) is 3.36. The largest absolute Gasteiger partial charge is 0.391 e. The van der Waals surface area contributed by atoms with E-state index in [1.54, 1.807) is 6.92 Å². The Morgan fingerprint density at radius 3 is 2.14 bits per heavy atom. The van der Waals surface area contributed by atoms with Gasteiger partial charge in [0, 0.05) is 0 Å². The Hall–Kier alpha value is -0.570. The third-order valence-electron chi connectivity index (χ3n) is 2.29. The van der Waals surface area contributed by atoms with Gasteiger partial charge in [0.25, 0.3) is 0 Å². The van der Waals surface area contributed by atoms with Crippen LogP contribution in [0, 0.1) is 0 Å². The lowest BCUT2D eigenvalue weighted by Crippen LogP contribution is -2.22. The second-order valence-electron chi connectivity index (χ2n) is 3.36. The van der Waals surface area contributed by atoms with Gasteiger partial charge in [0.2, 0.25) is 0 Å². The van der Waals surface area contributed by atoms with Crippen molar-refractivity contribution in [1.82, 2.24) is 0 Å². The summed E-state index contributed by atoms with van der Waals surface area (Å²) in [6.45, 7) is 3.82. The van der Waals surface area contributed by atoms with Crippen molar-refractivity contribution >= 4 is 12.4 Å². The van der Waals surface area contributed by atoms with Gasteiger partial charge in [-0.15, -0.1) is 12.4 Å². The Balaban J connectivity index is 0.00000169. The molecule has 0 spiro atoms. The van der Waals surface area contributed by atoms with Gasteiger partial charge in [-0.25, -0.2) is 0 Å². The highest BCUT2D eigenvalue weighted by Crippen LogP contribution is 2.14. The SMILES string of the molecule is CCc1ccc([C@@H](N)[C@H](C)O)cc1.Cl. The molecule has 2 nitrogen and oxygen atoms in total. The van der Waals surface area contributed by atoms with E-state index in [9.17, 15) is 5.11 Å². The first-order chi connectivity index (χ1) is 6.15. The highest BCUT2D eigenvalue weighted by molar-refractivity contribution is 5.85. The molecule has 0 fully saturated rings. The van der Waals surface area contributed by atoms with Crippen LogP contribution in [-0.2, 0) is 6.42 Å². The highest BCUT2D eigenvalue weighted by atomic mass is 35.5. The fraction of sp³-hybridized carbons (Fsp3) is 0.455. The molecule has 80 valence electrons. The van der Waals surface area contributed by atoms with Gasteiger partial charge in [-0.2, -0.15) is 0 Å². The van der Waals surface area contributed by atoms with Gasteiger partial charge in [-0.3, -0.25) is 0 Å². The van der Waals surface area contributed by atoms with Gasteiger partial charge in [0.1, 0.15) is 0 Å². The van der Waals surface area contributed by atoms with Crippen LogP contribution in [0.4, 0.5) is 0 Å². The molecule has 0 unspecified atom stereocenters. The number of aliphatic hydroxyl groups is 1. The minimum absolute atomic E-state index is 0. The lowest BCUT2D eigenvalue weighted by Gasteiger charge is -2.15. The van der Waals surface area contributed by atoms with E-state index < -0.39 is 6.10 Å². The Labute approximate surface area is 91.5 Å². The predicted molar refractivity (Wildman–Crippen MR) is 61.7 cm³/mol. The molecule has 14 heavy (non-hydrogen) atoms. The zero-order chi connectivity index (χ0) is 9.84. The van der Waals surface area contributed by atoms with Crippen LogP contribution in [0.15, 0.2) is 24.3 Å². The van der Waals surface area contributed by atoms with Gasteiger partial charge in [0.05, 0.1) is 12.1 Å². The molecule has 0 aromatic heterocycles. The van der Waals surface area contributed by atoms with Crippen LogP contribution < -0.4 is 5.73 Å². The maximum Gasteiger partial charge on any atom is 0.0704 e. The molecule has 0 saturated carbocycles. The van der Waals surface area contributed by atoms with E-state index in [2.05, 4.69) is 19.1 Å². The molecule has 0 amide bonds. The van der Waals surface area contributed by atoms with Crippen LogP contribution in [0.25, 0.3) is 0 Å². The zero-order valence-electron chi connectivity index (χ0n) is 8.60. The summed E-state index contributed by atoms with van der Waals surface area (Å²) in [5.41, 5.74) is 8.07. The summed E-state index contributed by atoms with van der Waals surface area (Å²) in [4.78, 5) is 0. The Bertz CT molecular complexity index is 258. The van der Waals surface area contributed by atoms with Crippen molar-refractivity contribution in [2.45, 2.75) is 32.4 Å². The quantitative estimate of drug-likeness (QED) is 0.811. The highest BCUT2D eigenvalue weighted by Gasteiger charge is 2.10. The molecule has 0 radical (unpaired) electrons. The average Bonchev–Trinajstić information content (AvgIpc) is 2.17. The number of nitrogens with two attached hydrogens (primary N) is 1. The first kappa shape index (κ1) is 13.4. The molecule has 0 heterocycles. The van der Waals surface area contributed by atoms with E-state index in [0.717, 1.165) is 12.0 Å². The van der Waals surface area contributed by atoms with Crippen LogP contribution in [-0.4, -0.2) is 11.2 Å². The molecule has 2 atom stereocenters. The summed E-state index contributed by atoms with van der Waals surface area (Å²) in [5.74, 6) is 0.